The highest BCUT2D eigenvalue weighted by Crippen LogP contribution is 2.26. The second-order valence-corrected chi connectivity index (χ2v) is 8.32. The molecule has 3 aromatic rings. The number of carbonyl (C=O) groups excluding carboxylic acids is 1. The van der Waals surface area contributed by atoms with Crippen LogP contribution in [0.2, 0.25) is 0 Å². The quantitative estimate of drug-likeness (QED) is 0.466. The molecule has 1 atom stereocenters. The van der Waals surface area contributed by atoms with Crippen molar-refractivity contribution >= 4 is 5.91 Å². The van der Waals surface area contributed by atoms with Gasteiger partial charge in [-0.15, -0.1) is 0 Å². The van der Waals surface area contributed by atoms with Crippen molar-refractivity contribution in [2.75, 3.05) is 13.7 Å². The molecule has 0 bridgehead atoms. The third-order valence-electron chi connectivity index (χ3n) is 5.88. The molecule has 0 aliphatic heterocycles. The molecule has 1 aliphatic carbocycles. The molecule has 0 spiro atoms. The first-order valence-corrected chi connectivity index (χ1v) is 11.7. The average molecular weight is 450 g/mol. The molecule has 7 heteroatoms. The summed E-state index contributed by atoms with van der Waals surface area (Å²) in [5.74, 6) is 2.28. The van der Waals surface area contributed by atoms with Crippen LogP contribution in [0.3, 0.4) is 0 Å². The van der Waals surface area contributed by atoms with E-state index < -0.39 is 6.10 Å². The number of likely N-dealkylation sites (N-methyl/N-ethyl adjacent to an activating group) is 1. The Hall–Kier alpha value is -3.35. The number of hydrogen-bond acceptors (Lipinski definition) is 6. The van der Waals surface area contributed by atoms with E-state index in [4.69, 9.17) is 14.0 Å². The number of aryl methyl sites for hydroxylation is 2. The Bertz CT molecular complexity index is 1080. The monoisotopic (exact) mass is 449 g/mol. The van der Waals surface area contributed by atoms with E-state index in [1.807, 2.05) is 44.2 Å². The van der Waals surface area contributed by atoms with Crippen LogP contribution in [-0.2, 0) is 24.2 Å². The summed E-state index contributed by atoms with van der Waals surface area (Å²) in [5, 5.41) is 4.05. The number of amides is 1. The van der Waals surface area contributed by atoms with Gasteiger partial charge in [-0.25, -0.2) is 0 Å². The lowest BCUT2D eigenvalue weighted by Crippen LogP contribution is -2.39. The summed E-state index contributed by atoms with van der Waals surface area (Å²) in [6.45, 7) is 4.72. The largest absolute Gasteiger partial charge is 0.494 e. The van der Waals surface area contributed by atoms with Crippen LogP contribution >= 0.6 is 0 Å². The van der Waals surface area contributed by atoms with Gasteiger partial charge in [0.25, 0.3) is 5.91 Å². The first kappa shape index (κ1) is 22.8. The van der Waals surface area contributed by atoms with Gasteiger partial charge in [0.15, 0.2) is 6.10 Å². The minimum atomic E-state index is -0.565. The number of hydrogen-bond donors (Lipinski definition) is 0. The maximum Gasteiger partial charge on any atom is 0.263 e. The highest BCUT2D eigenvalue weighted by Gasteiger charge is 2.24. The Morgan fingerprint density at radius 2 is 1.79 bits per heavy atom. The van der Waals surface area contributed by atoms with E-state index >= 15 is 0 Å². The van der Waals surface area contributed by atoms with Crippen LogP contribution in [0.25, 0.3) is 11.4 Å². The van der Waals surface area contributed by atoms with Gasteiger partial charge in [0, 0.05) is 12.6 Å². The minimum Gasteiger partial charge on any atom is -0.494 e. The lowest BCUT2D eigenvalue weighted by molar-refractivity contribution is -0.138. The second kappa shape index (κ2) is 10.5. The normalized spacial score (nSPS) is 13.8. The third kappa shape index (κ3) is 5.53. The lowest BCUT2D eigenvalue weighted by atomic mass is 9.92. The molecule has 1 amide bonds. The van der Waals surface area contributed by atoms with Gasteiger partial charge >= 0.3 is 0 Å². The molecule has 0 unspecified atom stereocenters. The fraction of sp³-hybridized carbons (Fsp3) is 0.423. The summed E-state index contributed by atoms with van der Waals surface area (Å²) in [6.07, 6.45) is 4.65. The summed E-state index contributed by atoms with van der Waals surface area (Å²) < 4.78 is 16.9. The van der Waals surface area contributed by atoms with Gasteiger partial charge in [-0.2, -0.15) is 4.98 Å². The zero-order valence-corrected chi connectivity index (χ0v) is 19.5. The molecule has 7 nitrogen and oxygen atoms in total. The first-order chi connectivity index (χ1) is 16.1. The molecule has 174 valence electrons. The van der Waals surface area contributed by atoms with E-state index in [9.17, 15) is 4.79 Å². The second-order valence-electron chi connectivity index (χ2n) is 8.32. The van der Waals surface area contributed by atoms with E-state index in [-0.39, 0.29) is 12.5 Å². The van der Waals surface area contributed by atoms with Gasteiger partial charge in [0.05, 0.1) is 13.2 Å². The molecular weight excluding hydrogens is 418 g/mol. The number of carbonyl (C=O) groups is 1. The molecule has 1 aliphatic rings. The molecule has 1 heterocycles. The van der Waals surface area contributed by atoms with E-state index in [2.05, 4.69) is 22.3 Å². The number of aromatic nitrogens is 2. The average Bonchev–Trinajstić information content (AvgIpc) is 3.31. The van der Waals surface area contributed by atoms with Gasteiger partial charge in [-0.1, -0.05) is 18.1 Å². The number of benzene rings is 2. The number of ether oxygens (including phenoxy) is 2. The summed E-state index contributed by atoms with van der Waals surface area (Å²) in [6, 6.07) is 13.7. The molecule has 4 rings (SSSR count). The molecule has 0 saturated carbocycles. The Morgan fingerprint density at radius 1 is 1.06 bits per heavy atom. The van der Waals surface area contributed by atoms with Crippen molar-refractivity contribution in [2.24, 2.45) is 0 Å². The fourth-order valence-electron chi connectivity index (χ4n) is 4.09. The first-order valence-electron chi connectivity index (χ1n) is 11.7. The SMILES string of the molecule is CCOc1ccc(-c2noc(CN(C)C(=O)[C@H](CC)Oc3ccc4c(c3)CCCC4)n2)cc1. The highest BCUT2D eigenvalue weighted by molar-refractivity contribution is 5.81. The summed E-state index contributed by atoms with van der Waals surface area (Å²) in [4.78, 5) is 19.1. The van der Waals surface area contributed by atoms with Crippen LogP contribution in [0.15, 0.2) is 47.0 Å². The van der Waals surface area contributed by atoms with Crippen LogP contribution < -0.4 is 9.47 Å². The standard InChI is InChI=1S/C26H31N3O4/c1-4-23(32-22-15-10-18-8-6-7-9-20(18)16-22)26(30)29(3)17-24-27-25(28-33-24)19-11-13-21(14-12-19)31-5-2/h10-16,23H,4-9,17H2,1-3H3/t23-/m0/s1. The highest BCUT2D eigenvalue weighted by atomic mass is 16.5. The smallest absolute Gasteiger partial charge is 0.263 e. The Kier molecular flexibility index (Phi) is 7.27. The van der Waals surface area contributed by atoms with Crippen molar-refractivity contribution in [2.45, 2.75) is 58.6 Å². The zero-order valence-electron chi connectivity index (χ0n) is 19.5. The maximum absolute atomic E-state index is 13.0. The lowest BCUT2D eigenvalue weighted by Gasteiger charge is -2.24. The van der Waals surface area contributed by atoms with Crippen LogP contribution in [0.5, 0.6) is 11.5 Å². The van der Waals surface area contributed by atoms with Crippen LogP contribution in [-0.4, -0.2) is 40.7 Å². The summed E-state index contributed by atoms with van der Waals surface area (Å²) in [7, 11) is 1.72. The van der Waals surface area contributed by atoms with Crippen molar-refractivity contribution in [1.82, 2.24) is 15.0 Å². The molecular formula is C26H31N3O4. The van der Waals surface area contributed by atoms with Crippen molar-refractivity contribution in [3.63, 3.8) is 0 Å². The Balaban J connectivity index is 1.38. The van der Waals surface area contributed by atoms with Crippen molar-refractivity contribution in [3.05, 3.63) is 59.5 Å². The molecule has 0 saturated heterocycles. The van der Waals surface area contributed by atoms with E-state index in [0.717, 1.165) is 29.9 Å². The maximum atomic E-state index is 13.0. The predicted octanol–water partition coefficient (Wildman–Crippen LogP) is 4.83. The molecule has 0 N–H and O–H groups in total. The minimum absolute atomic E-state index is 0.115. The molecule has 0 fully saturated rings. The van der Waals surface area contributed by atoms with Gasteiger partial charge in [0.1, 0.15) is 11.5 Å². The third-order valence-corrected chi connectivity index (χ3v) is 5.88. The predicted molar refractivity (Wildman–Crippen MR) is 125 cm³/mol. The molecule has 33 heavy (non-hydrogen) atoms. The summed E-state index contributed by atoms with van der Waals surface area (Å²) in [5.41, 5.74) is 3.55. The van der Waals surface area contributed by atoms with Crippen molar-refractivity contribution < 1.29 is 18.8 Å². The van der Waals surface area contributed by atoms with E-state index in [1.165, 1.54) is 24.0 Å². The van der Waals surface area contributed by atoms with Gasteiger partial charge in [-0.3, -0.25) is 4.79 Å². The molecule has 1 aromatic heterocycles. The van der Waals surface area contributed by atoms with Gasteiger partial charge in [-0.05, 0) is 86.6 Å². The number of nitrogens with zero attached hydrogens (tertiary/aromatic N) is 3. The van der Waals surface area contributed by atoms with Crippen molar-refractivity contribution in [3.8, 4) is 22.9 Å². The zero-order chi connectivity index (χ0) is 23.2. The van der Waals surface area contributed by atoms with Crippen LogP contribution in [0.1, 0.15) is 50.1 Å². The van der Waals surface area contributed by atoms with E-state index in [1.54, 1.807) is 11.9 Å². The van der Waals surface area contributed by atoms with Crippen LogP contribution in [0, 0.1) is 0 Å². The number of fused-ring (bicyclic) bond motifs is 1. The Labute approximate surface area is 194 Å². The Morgan fingerprint density at radius 3 is 2.52 bits per heavy atom. The molecule has 2 aromatic carbocycles. The van der Waals surface area contributed by atoms with Gasteiger partial charge < -0.3 is 18.9 Å². The fourth-order valence-corrected chi connectivity index (χ4v) is 4.09. The number of rotatable bonds is 9. The summed E-state index contributed by atoms with van der Waals surface area (Å²) >= 11 is 0. The van der Waals surface area contributed by atoms with Crippen molar-refractivity contribution in [1.29, 1.82) is 0 Å². The topological polar surface area (TPSA) is 77.7 Å². The molecule has 0 radical (unpaired) electrons. The van der Waals surface area contributed by atoms with E-state index in [0.29, 0.717) is 24.7 Å². The van der Waals surface area contributed by atoms with Crippen LogP contribution in [0.4, 0.5) is 0 Å². The van der Waals surface area contributed by atoms with Gasteiger partial charge in [0.2, 0.25) is 11.7 Å².